The minimum Gasteiger partial charge on any atom is -0.324 e. The highest BCUT2D eigenvalue weighted by molar-refractivity contribution is 6.30. The van der Waals surface area contributed by atoms with Crippen molar-refractivity contribution in [2.24, 2.45) is 0 Å². The van der Waals surface area contributed by atoms with Gasteiger partial charge in [-0.05, 0) is 43.7 Å². The van der Waals surface area contributed by atoms with Crippen LogP contribution in [0.4, 0.5) is 17.3 Å². The number of halogens is 1. The number of nitrogens with zero attached hydrogens (tertiary/aromatic N) is 2. The maximum Gasteiger partial charge on any atom is 0.258 e. The van der Waals surface area contributed by atoms with E-state index in [1.165, 1.54) is 19.3 Å². The second kappa shape index (κ2) is 7.97. The number of benzene rings is 2. The van der Waals surface area contributed by atoms with Crippen molar-refractivity contribution < 1.29 is 9.59 Å². The summed E-state index contributed by atoms with van der Waals surface area (Å²) in [5.74, 6) is -0.0714. The lowest BCUT2D eigenvalue weighted by molar-refractivity contribution is 0.101. The van der Waals surface area contributed by atoms with E-state index in [9.17, 15) is 9.59 Å². The second-order valence-electron chi connectivity index (χ2n) is 5.97. The first kappa shape index (κ1) is 18.5. The fourth-order valence-electron chi connectivity index (χ4n) is 2.38. The molecule has 0 saturated heterocycles. The monoisotopic (exact) mass is 380 g/mol. The van der Waals surface area contributed by atoms with Crippen molar-refractivity contribution in [3.8, 4) is 0 Å². The maximum absolute atomic E-state index is 12.3. The average Bonchev–Trinajstić information content (AvgIpc) is 2.65. The Bertz CT molecular complexity index is 1000. The third kappa shape index (κ3) is 4.68. The first-order valence-corrected chi connectivity index (χ1v) is 8.58. The quantitative estimate of drug-likeness (QED) is 0.630. The molecule has 0 radical (unpaired) electrons. The van der Waals surface area contributed by atoms with Crippen molar-refractivity contribution >= 4 is 40.6 Å². The molecule has 0 spiro atoms. The lowest BCUT2D eigenvalue weighted by atomic mass is 10.1. The molecule has 1 heterocycles. The third-order valence-corrected chi connectivity index (χ3v) is 4.12. The molecule has 2 N–H and O–H groups in total. The van der Waals surface area contributed by atoms with E-state index >= 15 is 0 Å². The van der Waals surface area contributed by atoms with Gasteiger partial charge < -0.3 is 10.6 Å². The van der Waals surface area contributed by atoms with Gasteiger partial charge in [0.05, 0.1) is 5.56 Å². The fourth-order valence-corrected chi connectivity index (χ4v) is 2.55. The molecule has 3 rings (SSSR count). The molecule has 27 heavy (non-hydrogen) atoms. The predicted molar refractivity (Wildman–Crippen MR) is 106 cm³/mol. The molecule has 1 amide bonds. The molecule has 7 heteroatoms. The summed E-state index contributed by atoms with van der Waals surface area (Å²) in [5, 5.41) is 6.41. The standard InChI is InChI=1S/C20H17ClN4O2/c1-12-6-7-16(21)9-18(12)25-20-22-10-15(11-23-20)19(27)24-17-5-3-4-14(8-17)13(2)26/h3-11H,1-2H3,(H,24,27)(H,22,23,25). The van der Waals surface area contributed by atoms with E-state index in [0.29, 0.717) is 27.8 Å². The summed E-state index contributed by atoms with van der Waals surface area (Å²) in [6.07, 6.45) is 2.86. The Kier molecular flexibility index (Phi) is 5.47. The minimum atomic E-state index is -0.360. The molecule has 136 valence electrons. The number of hydrogen-bond donors (Lipinski definition) is 2. The molecule has 6 nitrogen and oxygen atoms in total. The van der Waals surface area contributed by atoms with Crippen LogP contribution in [0, 0.1) is 6.92 Å². The van der Waals surface area contributed by atoms with Gasteiger partial charge in [-0.15, -0.1) is 0 Å². The number of aryl methyl sites for hydroxylation is 1. The summed E-state index contributed by atoms with van der Waals surface area (Å²) in [6, 6.07) is 12.2. The highest BCUT2D eigenvalue weighted by Crippen LogP contribution is 2.22. The second-order valence-corrected chi connectivity index (χ2v) is 6.41. The fraction of sp³-hybridized carbons (Fsp3) is 0.100. The van der Waals surface area contributed by atoms with Crippen LogP contribution in [-0.4, -0.2) is 21.7 Å². The van der Waals surface area contributed by atoms with Gasteiger partial charge >= 0.3 is 0 Å². The van der Waals surface area contributed by atoms with Crippen LogP contribution in [0.15, 0.2) is 54.9 Å². The number of anilines is 3. The normalized spacial score (nSPS) is 10.3. The lowest BCUT2D eigenvalue weighted by Crippen LogP contribution is -2.13. The minimum absolute atomic E-state index is 0.0684. The van der Waals surface area contributed by atoms with Gasteiger partial charge in [-0.3, -0.25) is 9.59 Å². The molecule has 0 atom stereocenters. The number of ketones is 1. The van der Waals surface area contributed by atoms with Crippen LogP contribution in [0.1, 0.15) is 33.2 Å². The van der Waals surface area contributed by atoms with E-state index in [2.05, 4.69) is 20.6 Å². The van der Waals surface area contributed by atoms with Crippen LogP contribution in [0.2, 0.25) is 5.02 Å². The van der Waals surface area contributed by atoms with Gasteiger partial charge in [0.1, 0.15) is 0 Å². The number of amides is 1. The number of rotatable bonds is 5. The molecule has 0 aliphatic rings. The highest BCUT2D eigenvalue weighted by Gasteiger charge is 2.10. The number of nitrogens with one attached hydrogen (secondary N) is 2. The molecular weight excluding hydrogens is 364 g/mol. The van der Waals surface area contributed by atoms with Gasteiger partial charge in [0.25, 0.3) is 5.91 Å². The van der Waals surface area contributed by atoms with Crippen molar-refractivity contribution in [3.05, 3.63) is 76.6 Å². The summed E-state index contributed by atoms with van der Waals surface area (Å²) < 4.78 is 0. The van der Waals surface area contributed by atoms with Gasteiger partial charge in [0.2, 0.25) is 5.95 Å². The third-order valence-electron chi connectivity index (χ3n) is 3.89. The number of hydrogen-bond acceptors (Lipinski definition) is 5. The van der Waals surface area contributed by atoms with Gasteiger partial charge in [-0.2, -0.15) is 0 Å². The van der Waals surface area contributed by atoms with E-state index in [4.69, 9.17) is 11.6 Å². The van der Waals surface area contributed by atoms with Crippen molar-refractivity contribution in [1.29, 1.82) is 0 Å². The summed E-state index contributed by atoms with van der Waals surface area (Å²) in [7, 11) is 0. The Balaban J connectivity index is 1.71. The molecule has 0 fully saturated rings. The van der Waals surface area contributed by atoms with E-state index in [1.54, 1.807) is 36.4 Å². The van der Waals surface area contributed by atoms with E-state index in [-0.39, 0.29) is 11.7 Å². The smallest absolute Gasteiger partial charge is 0.258 e. The molecule has 0 aliphatic heterocycles. The summed E-state index contributed by atoms with van der Waals surface area (Å²) in [4.78, 5) is 32.1. The SMILES string of the molecule is CC(=O)c1cccc(NC(=O)c2cnc(Nc3cc(Cl)ccc3C)nc2)c1. The summed E-state index contributed by atoms with van der Waals surface area (Å²) in [6.45, 7) is 3.41. The molecule has 3 aromatic rings. The van der Waals surface area contributed by atoms with E-state index in [1.807, 2.05) is 13.0 Å². The predicted octanol–water partition coefficient (Wildman–Crippen LogP) is 4.64. The van der Waals surface area contributed by atoms with Gasteiger partial charge in [0.15, 0.2) is 5.78 Å². The Morgan fingerprint density at radius 3 is 2.44 bits per heavy atom. The highest BCUT2D eigenvalue weighted by atomic mass is 35.5. The molecule has 0 saturated carbocycles. The Morgan fingerprint density at radius 1 is 1.00 bits per heavy atom. The maximum atomic E-state index is 12.3. The molecule has 0 bridgehead atoms. The van der Waals surface area contributed by atoms with Crippen LogP contribution in [-0.2, 0) is 0 Å². The molecular formula is C20H17ClN4O2. The molecule has 1 aromatic heterocycles. The van der Waals surface area contributed by atoms with Gasteiger partial charge in [-0.1, -0.05) is 29.8 Å². The number of Topliss-reactive ketones (excluding diaryl/α,β-unsaturated/α-hetero) is 1. The zero-order valence-corrected chi connectivity index (χ0v) is 15.5. The summed E-state index contributed by atoms with van der Waals surface area (Å²) >= 11 is 6.00. The van der Waals surface area contributed by atoms with Crippen molar-refractivity contribution in [3.63, 3.8) is 0 Å². The van der Waals surface area contributed by atoms with Crippen molar-refractivity contribution in [1.82, 2.24) is 9.97 Å². The van der Waals surface area contributed by atoms with Crippen LogP contribution in [0.3, 0.4) is 0 Å². The Labute approximate surface area is 161 Å². The zero-order valence-electron chi connectivity index (χ0n) is 14.8. The van der Waals surface area contributed by atoms with E-state index < -0.39 is 0 Å². The first-order chi connectivity index (χ1) is 12.9. The number of carbonyl (C=O) groups excluding carboxylic acids is 2. The van der Waals surface area contributed by atoms with Gasteiger partial charge in [0, 0.05) is 34.4 Å². The number of aromatic nitrogens is 2. The van der Waals surface area contributed by atoms with Crippen LogP contribution >= 0.6 is 11.6 Å². The Hall–Kier alpha value is -3.25. The van der Waals surface area contributed by atoms with Crippen LogP contribution < -0.4 is 10.6 Å². The molecule has 0 unspecified atom stereocenters. The zero-order chi connectivity index (χ0) is 19.4. The largest absolute Gasteiger partial charge is 0.324 e. The first-order valence-electron chi connectivity index (χ1n) is 8.20. The van der Waals surface area contributed by atoms with Crippen LogP contribution in [0.25, 0.3) is 0 Å². The van der Waals surface area contributed by atoms with Gasteiger partial charge in [-0.25, -0.2) is 9.97 Å². The molecule has 0 aliphatic carbocycles. The lowest BCUT2D eigenvalue weighted by Gasteiger charge is -2.09. The number of carbonyl (C=O) groups is 2. The Morgan fingerprint density at radius 2 is 1.74 bits per heavy atom. The van der Waals surface area contributed by atoms with Crippen molar-refractivity contribution in [2.75, 3.05) is 10.6 Å². The van der Waals surface area contributed by atoms with E-state index in [0.717, 1.165) is 11.3 Å². The topological polar surface area (TPSA) is 84.0 Å². The average molecular weight is 381 g/mol. The van der Waals surface area contributed by atoms with Crippen molar-refractivity contribution in [2.45, 2.75) is 13.8 Å². The van der Waals surface area contributed by atoms with Crippen LogP contribution in [0.5, 0.6) is 0 Å². The summed E-state index contributed by atoms with van der Waals surface area (Å²) in [5.41, 5.74) is 3.15. The molecule has 2 aromatic carbocycles.